The fourth-order valence-corrected chi connectivity index (χ4v) is 5.50. The summed E-state index contributed by atoms with van der Waals surface area (Å²) >= 11 is 0. The molecule has 0 aromatic heterocycles. The summed E-state index contributed by atoms with van der Waals surface area (Å²) in [5.74, 6) is 2.90. The Morgan fingerprint density at radius 3 is 2.36 bits per heavy atom. The molecule has 0 aromatic carbocycles. The van der Waals surface area contributed by atoms with Crippen LogP contribution in [0.3, 0.4) is 0 Å². The van der Waals surface area contributed by atoms with Crippen LogP contribution in [0.4, 0.5) is 0 Å². The van der Waals surface area contributed by atoms with Gasteiger partial charge in [-0.25, -0.2) is 0 Å². The first-order valence-electron chi connectivity index (χ1n) is 11.3. The summed E-state index contributed by atoms with van der Waals surface area (Å²) in [7, 11) is 0. The van der Waals surface area contributed by atoms with Gasteiger partial charge in [0.25, 0.3) is 0 Å². The zero-order chi connectivity index (χ0) is 17.5. The van der Waals surface area contributed by atoms with Crippen molar-refractivity contribution in [2.45, 2.75) is 96.5 Å². The van der Waals surface area contributed by atoms with Gasteiger partial charge in [-0.3, -0.25) is 0 Å². The molecule has 3 rings (SSSR count). The monoisotopic (exact) mass is 347 g/mol. The smallest absolute Gasteiger partial charge is 0.0564 e. The molecule has 1 atom stereocenters. The van der Waals surface area contributed by atoms with E-state index in [-0.39, 0.29) is 6.10 Å². The van der Waals surface area contributed by atoms with Crippen LogP contribution in [0.15, 0.2) is 11.6 Å². The maximum atomic E-state index is 9.68. The second-order valence-electron chi connectivity index (χ2n) is 9.26. The molecule has 2 nitrogen and oxygen atoms in total. The average molecular weight is 348 g/mol. The summed E-state index contributed by atoms with van der Waals surface area (Å²) in [5.41, 5.74) is 1.79. The van der Waals surface area contributed by atoms with Crippen LogP contribution in [0, 0.1) is 17.8 Å². The molecule has 1 saturated carbocycles. The molecular formula is C23H41NO. The zero-order valence-corrected chi connectivity index (χ0v) is 16.6. The Balaban J connectivity index is 1.36. The third-order valence-electron chi connectivity index (χ3n) is 7.17. The normalized spacial score (nSPS) is 33.0. The summed E-state index contributed by atoms with van der Waals surface area (Å²) in [5, 5.41) is 9.68. The lowest BCUT2D eigenvalue weighted by Gasteiger charge is -2.32. The first-order valence-corrected chi connectivity index (χ1v) is 11.3. The Morgan fingerprint density at radius 1 is 0.920 bits per heavy atom. The van der Waals surface area contributed by atoms with Crippen molar-refractivity contribution in [2.75, 3.05) is 19.6 Å². The van der Waals surface area contributed by atoms with E-state index < -0.39 is 0 Å². The third kappa shape index (κ3) is 6.40. The highest BCUT2D eigenvalue weighted by atomic mass is 16.3. The molecule has 3 aliphatic rings. The number of allylic oxidation sites excluding steroid dienone is 2. The number of nitrogens with zero attached hydrogens (tertiary/aromatic N) is 1. The predicted molar refractivity (Wildman–Crippen MR) is 107 cm³/mol. The van der Waals surface area contributed by atoms with Crippen LogP contribution >= 0.6 is 0 Å². The van der Waals surface area contributed by atoms with Crippen LogP contribution in [0.1, 0.15) is 90.4 Å². The Kier molecular flexibility index (Phi) is 7.86. The van der Waals surface area contributed by atoms with Gasteiger partial charge >= 0.3 is 0 Å². The minimum absolute atomic E-state index is 0.0360. The summed E-state index contributed by atoms with van der Waals surface area (Å²) in [4.78, 5) is 2.61. The second kappa shape index (κ2) is 10.1. The van der Waals surface area contributed by atoms with E-state index in [0.717, 1.165) is 43.7 Å². The molecule has 0 spiro atoms. The number of aliphatic hydroxyl groups excluding tert-OH is 1. The van der Waals surface area contributed by atoms with Crippen molar-refractivity contribution >= 4 is 0 Å². The number of rotatable bonds is 6. The SMILES string of the molecule is CCCC1CCC(CC2=CCCC(CN3CCC(O)CC3)CC2)CC1. The van der Waals surface area contributed by atoms with Crippen molar-refractivity contribution in [1.29, 1.82) is 0 Å². The Hall–Kier alpha value is -0.340. The molecule has 144 valence electrons. The number of hydrogen-bond donors (Lipinski definition) is 1. The summed E-state index contributed by atoms with van der Waals surface area (Å²) < 4.78 is 0. The summed E-state index contributed by atoms with van der Waals surface area (Å²) in [6.07, 6.45) is 20.2. The van der Waals surface area contributed by atoms with Gasteiger partial charge in [-0.2, -0.15) is 0 Å². The third-order valence-corrected chi connectivity index (χ3v) is 7.17. The molecule has 0 amide bonds. The largest absolute Gasteiger partial charge is 0.393 e. The maximum absolute atomic E-state index is 9.68. The van der Waals surface area contributed by atoms with E-state index in [2.05, 4.69) is 17.9 Å². The first-order chi connectivity index (χ1) is 12.2. The lowest BCUT2D eigenvalue weighted by molar-refractivity contribution is 0.0734. The molecule has 25 heavy (non-hydrogen) atoms. The van der Waals surface area contributed by atoms with E-state index in [9.17, 15) is 5.11 Å². The summed E-state index contributed by atoms with van der Waals surface area (Å²) in [6, 6.07) is 0. The van der Waals surface area contributed by atoms with Gasteiger partial charge in [-0.1, -0.05) is 44.3 Å². The van der Waals surface area contributed by atoms with Crippen molar-refractivity contribution in [3.05, 3.63) is 11.6 Å². The fraction of sp³-hybridized carbons (Fsp3) is 0.913. The topological polar surface area (TPSA) is 23.5 Å². The summed E-state index contributed by atoms with van der Waals surface area (Å²) in [6.45, 7) is 5.83. The van der Waals surface area contributed by atoms with Gasteiger partial charge < -0.3 is 10.0 Å². The van der Waals surface area contributed by atoms with Crippen LogP contribution in [0.5, 0.6) is 0 Å². The van der Waals surface area contributed by atoms with Gasteiger partial charge in [-0.15, -0.1) is 0 Å². The van der Waals surface area contributed by atoms with E-state index in [1.807, 2.05) is 0 Å². The van der Waals surface area contributed by atoms with Gasteiger partial charge in [0.15, 0.2) is 0 Å². The van der Waals surface area contributed by atoms with Crippen LogP contribution in [0.25, 0.3) is 0 Å². The van der Waals surface area contributed by atoms with Crippen molar-refractivity contribution in [1.82, 2.24) is 4.90 Å². The molecule has 0 bridgehead atoms. The standard InChI is InChI=1S/C23H41NO/c1-2-4-19-7-9-21(10-8-19)17-20-5-3-6-22(12-11-20)18-24-15-13-23(25)14-16-24/h5,19,21-23,25H,2-4,6-18H2,1H3. The Bertz CT molecular complexity index is 402. The molecule has 1 N–H and O–H groups in total. The van der Waals surface area contributed by atoms with E-state index in [4.69, 9.17) is 0 Å². The highest BCUT2D eigenvalue weighted by molar-refractivity contribution is 5.06. The molecule has 2 aliphatic carbocycles. The van der Waals surface area contributed by atoms with Crippen molar-refractivity contribution in [3.63, 3.8) is 0 Å². The predicted octanol–water partition coefficient (Wildman–Crippen LogP) is 5.56. The van der Waals surface area contributed by atoms with E-state index >= 15 is 0 Å². The van der Waals surface area contributed by atoms with E-state index in [0.29, 0.717) is 0 Å². The second-order valence-corrected chi connectivity index (χ2v) is 9.26. The maximum Gasteiger partial charge on any atom is 0.0564 e. The molecule has 1 aliphatic heterocycles. The van der Waals surface area contributed by atoms with Crippen molar-refractivity contribution in [2.24, 2.45) is 17.8 Å². The van der Waals surface area contributed by atoms with Gasteiger partial charge in [0.2, 0.25) is 0 Å². The fourth-order valence-electron chi connectivity index (χ4n) is 5.50. The number of likely N-dealkylation sites (tertiary alicyclic amines) is 1. The quantitative estimate of drug-likeness (QED) is 0.636. The molecule has 2 fully saturated rings. The zero-order valence-electron chi connectivity index (χ0n) is 16.6. The van der Waals surface area contributed by atoms with Gasteiger partial charge in [0, 0.05) is 19.6 Å². The van der Waals surface area contributed by atoms with E-state index in [1.165, 1.54) is 77.2 Å². The van der Waals surface area contributed by atoms with Crippen molar-refractivity contribution in [3.8, 4) is 0 Å². The number of aliphatic hydroxyl groups is 1. The van der Waals surface area contributed by atoms with Gasteiger partial charge in [-0.05, 0) is 75.5 Å². The lowest BCUT2D eigenvalue weighted by Crippen LogP contribution is -2.38. The molecule has 1 unspecified atom stereocenters. The number of piperidine rings is 1. The minimum atomic E-state index is -0.0360. The first kappa shape index (κ1) is 19.4. The molecule has 1 saturated heterocycles. The van der Waals surface area contributed by atoms with Gasteiger partial charge in [0.05, 0.1) is 6.10 Å². The van der Waals surface area contributed by atoms with Crippen molar-refractivity contribution < 1.29 is 5.11 Å². The van der Waals surface area contributed by atoms with E-state index in [1.54, 1.807) is 5.57 Å². The highest BCUT2D eigenvalue weighted by Crippen LogP contribution is 2.37. The van der Waals surface area contributed by atoms with Gasteiger partial charge in [0.1, 0.15) is 0 Å². The average Bonchev–Trinajstić information content (AvgIpc) is 2.84. The van der Waals surface area contributed by atoms with Crippen LogP contribution < -0.4 is 0 Å². The molecule has 0 aromatic rings. The van der Waals surface area contributed by atoms with Crippen LogP contribution in [0.2, 0.25) is 0 Å². The Morgan fingerprint density at radius 2 is 1.64 bits per heavy atom. The van der Waals surface area contributed by atoms with Crippen LogP contribution in [-0.2, 0) is 0 Å². The Labute approximate surface area is 156 Å². The minimum Gasteiger partial charge on any atom is -0.393 e. The van der Waals surface area contributed by atoms with Crippen LogP contribution in [-0.4, -0.2) is 35.7 Å². The number of hydrogen-bond acceptors (Lipinski definition) is 2. The molecular weight excluding hydrogens is 306 g/mol. The lowest BCUT2D eigenvalue weighted by atomic mass is 9.77. The highest BCUT2D eigenvalue weighted by Gasteiger charge is 2.24. The molecule has 1 heterocycles. The molecule has 0 radical (unpaired) electrons. The molecule has 2 heteroatoms.